The molecule has 0 unspecified atom stereocenters. The van der Waals surface area contributed by atoms with Gasteiger partial charge in [0.1, 0.15) is 11.9 Å². The SMILES string of the molecule is N#Cc1ccc(N2CCc3ccc(F)cc32)cc1Cl. The van der Waals surface area contributed by atoms with E-state index in [9.17, 15) is 4.39 Å². The third-order valence-electron chi connectivity index (χ3n) is 3.33. The number of hydrogen-bond acceptors (Lipinski definition) is 2. The molecule has 0 fully saturated rings. The van der Waals surface area contributed by atoms with Crippen LogP contribution >= 0.6 is 11.6 Å². The lowest BCUT2D eigenvalue weighted by molar-refractivity contribution is 0.628. The largest absolute Gasteiger partial charge is 0.341 e. The molecule has 2 aromatic rings. The van der Waals surface area contributed by atoms with Crippen molar-refractivity contribution in [1.29, 1.82) is 5.26 Å². The zero-order chi connectivity index (χ0) is 13.4. The molecule has 0 amide bonds. The van der Waals surface area contributed by atoms with Crippen molar-refractivity contribution in [2.24, 2.45) is 0 Å². The Morgan fingerprint density at radius 1 is 1.21 bits per heavy atom. The van der Waals surface area contributed by atoms with Crippen LogP contribution in [0.3, 0.4) is 0 Å². The van der Waals surface area contributed by atoms with Gasteiger partial charge < -0.3 is 4.90 Å². The Bertz CT molecular complexity index is 691. The fraction of sp³-hybridized carbons (Fsp3) is 0.133. The van der Waals surface area contributed by atoms with Gasteiger partial charge in [0.2, 0.25) is 0 Å². The zero-order valence-electron chi connectivity index (χ0n) is 10.0. The van der Waals surface area contributed by atoms with E-state index in [1.807, 2.05) is 23.1 Å². The summed E-state index contributed by atoms with van der Waals surface area (Å²) in [5.74, 6) is -0.245. The minimum absolute atomic E-state index is 0.245. The van der Waals surface area contributed by atoms with Gasteiger partial charge in [-0.25, -0.2) is 4.39 Å². The van der Waals surface area contributed by atoms with Crippen molar-refractivity contribution in [1.82, 2.24) is 0 Å². The molecule has 0 aliphatic carbocycles. The molecule has 4 heteroatoms. The molecule has 94 valence electrons. The Kier molecular flexibility index (Phi) is 2.88. The fourth-order valence-corrected chi connectivity index (χ4v) is 2.60. The van der Waals surface area contributed by atoms with Crippen molar-refractivity contribution >= 4 is 23.0 Å². The van der Waals surface area contributed by atoms with Crippen LogP contribution in [-0.2, 0) is 6.42 Å². The first kappa shape index (κ1) is 12.0. The molecule has 0 atom stereocenters. The van der Waals surface area contributed by atoms with Crippen molar-refractivity contribution in [3.05, 3.63) is 58.4 Å². The first-order valence-corrected chi connectivity index (χ1v) is 6.32. The summed E-state index contributed by atoms with van der Waals surface area (Å²) in [6.45, 7) is 0.793. The molecule has 1 heterocycles. The highest BCUT2D eigenvalue weighted by molar-refractivity contribution is 6.32. The maximum absolute atomic E-state index is 13.4. The van der Waals surface area contributed by atoms with Crippen molar-refractivity contribution in [2.75, 3.05) is 11.4 Å². The van der Waals surface area contributed by atoms with Crippen LogP contribution in [0.25, 0.3) is 0 Å². The van der Waals surface area contributed by atoms with Crippen molar-refractivity contribution in [3.63, 3.8) is 0 Å². The van der Waals surface area contributed by atoms with E-state index in [2.05, 4.69) is 0 Å². The van der Waals surface area contributed by atoms with Crippen LogP contribution in [0.5, 0.6) is 0 Å². The molecule has 0 bridgehead atoms. The van der Waals surface area contributed by atoms with Gasteiger partial charge in [-0.1, -0.05) is 17.7 Å². The summed E-state index contributed by atoms with van der Waals surface area (Å²) in [5, 5.41) is 9.29. The monoisotopic (exact) mass is 272 g/mol. The quantitative estimate of drug-likeness (QED) is 0.783. The van der Waals surface area contributed by atoms with Crippen molar-refractivity contribution in [2.45, 2.75) is 6.42 Å². The number of hydrogen-bond donors (Lipinski definition) is 0. The minimum atomic E-state index is -0.245. The average Bonchev–Trinajstić information content (AvgIpc) is 2.81. The second kappa shape index (κ2) is 4.56. The predicted octanol–water partition coefficient (Wildman–Crippen LogP) is 4.04. The molecular weight excluding hydrogens is 263 g/mol. The highest BCUT2D eigenvalue weighted by atomic mass is 35.5. The van der Waals surface area contributed by atoms with Crippen LogP contribution in [-0.4, -0.2) is 6.54 Å². The van der Waals surface area contributed by atoms with Gasteiger partial charge in [-0.3, -0.25) is 0 Å². The summed E-state index contributed by atoms with van der Waals surface area (Å²) in [4.78, 5) is 2.02. The van der Waals surface area contributed by atoms with Gasteiger partial charge in [-0.05, 0) is 42.3 Å². The molecule has 0 radical (unpaired) electrons. The van der Waals surface area contributed by atoms with Gasteiger partial charge in [-0.15, -0.1) is 0 Å². The number of benzene rings is 2. The number of rotatable bonds is 1. The van der Waals surface area contributed by atoms with E-state index in [4.69, 9.17) is 16.9 Å². The van der Waals surface area contributed by atoms with Crippen molar-refractivity contribution < 1.29 is 4.39 Å². The van der Waals surface area contributed by atoms with Gasteiger partial charge in [-0.2, -0.15) is 5.26 Å². The predicted molar refractivity (Wildman–Crippen MR) is 73.3 cm³/mol. The fourth-order valence-electron chi connectivity index (χ4n) is 2.38. The summed E-state index contributed by atoms with van der Waals surface area (Å²) < 4.78 is 13.4. The molecular formula is C15H10ClFN2. The smallest absolute Gasteiger partial charge is 0.125 e. The van der Waals surface area contributed by atoms with Gasteiger partial charge in [0.05, 0.1) is 10.6 Å². The normalized spacial score (nSPS) is 13.2. The van der Waals surface area contributed by atoms with Crippen LogP contribution < -0.4 is 4.90 Å². The van der Waals surface area contributed by atoms with E-state index in [0.717, 1.165) is 29.9 Å². The van der Waals surface area contributed by atoms with E-state index < -0.39 is 0 Å². The Morgan fingerprint density at radius 2 is 2.05 bits per heavy atom. The van der Waals surface area contributed by atoms with Crippen LogP contribution in [0.4, 0.5) is 15.8 Å². The van der Waals surface area contributed by atoms with E-state index in [1.165, 1.54) is 12.1 Å². The van der Waals surface area contributed by atoms with E-state index >= 15 is 0 Å². The Labute approximate surface area is 115 Å². The van der Waals surface area contributed by atoms with Crippen molar-refractivity contribution in [3.8, 4) is 6.07 Å². The maximum Gasteiger partial charge on any atom is 0.125 e. The average molecular weight is 273 g/mol. The lowest BCUT2D eigenvalue weighted by atomic mass is 10.1. The minimum Gasteiger partial charge on any atom is -0.341 e. The number of halogens is 2. The second-order valence-electron chi connectivity index (χ2n) is 4.45. The van der Waals surface area contributed by atoms with E-state index in [1.54, 1.807) is 12.1 Å². The number of nitrogens with zero attached hydrogens (tertiary/aromatic N) is 2. The molecule has 0 saturated heterocycles. The van der Waals surface area contributed by atoms with E-state index in [0.29, 0.717) is 10.6 Å². The molecule has 2 nitrogen and oxygen atoms in total. The first-order valence-electron chi connectivity index (χ1n) is 5.94. The Hall–Kier alpha value is -2.05. The molecule has 0 aromatic heterocycles. The summed E-state index contributed by atoms with van der Waals surface area (Å²) in [6, 6.07) is 12.1. The zero-order valence-corrected chi connectivity index (χ0v) is 10.8. The standard InChI is InChI=1S/C15H10ClFN2/c16-14-8-13(4-2-11(14)9-18)19-6-5-10-1-3-12(17)7-15(10)19/h1-4,7-8H,5-6H2. The van der Waals surface area contributed by atoms with Gasteiger partial charge in [0.25, 0.3) is 0 Å². The number of anilines is 2. The summed E-state index contributed by atoms with van der Waals surface area (Å²) in [7, 11) is 0. The topological polar surface area (TPSA) is 27.0 Å². The molecule has 3 rings (SSSR count). The van der Waals surface area contributed by atoms with Gasteiger partial charge in [0.15, 0.2) is 0 Å². The summed E-state index contributed by atoms with van der Waals surface area (Å²) in [6.07, 6.45) is 0.882. The molecule has 0 N–H and O–H groups in total. The molecule has 2 aromatic carbocycles. The van der Waals surface area contributed by atoms with Crippen LogP contribution in [0, 0.1) is 17.1 Å². The molecule has 19 heavy (non-hydrogen) atoms. The third-order valence-corrected chi connectivity index (χ3v) is 3.64. The van der Waals surface area contributed by atoms with Crippen LogP contribution in [0.2, 0.25) is 5.02 Å². The van der Waals surface area contributed by atoms with Crippen LogP contribution in [0.1, 0.15) is 11.1 Å². The lowest BCUT2D eigenvalue weighted by Crippen LogP contribution is -2.13. The van der Waals surface area contributed by atoms with E-state index in [-0.39, 0.29) is 5.82 Å². The third kappa shape index (κ3) is 2.05. The highest BCUT2D eigenvalue weighted by Gasteiger charge is 2.21. The Balaban J connectivity index is 2.04. The summed E-state index contributed by atoms with van der Waals surface area (Å²) >= 11 is 6.04. The maximum atomic E-state index is 13.4. The molecule has 1 aliphatic heterocycles. The van der Waals surface area contributed by atoms with Crippen LogP contribution in [0.15, 0.2) is 36.4 Å². The molecule has 1 aliphatic rings. The Morgan fingerprint density at radius 3 is 2.79 bits per heavy atom. The highest BCUT2D eigenvalue weighted by Crippen LogP contribution is 2.36. The molecule has 0 spiro atoms. The number of fused-ring (bicyclic) bond motifs is 1. The second-order valence-corrected chi connectivity index (χ2v) is 4.86. The van der Waals surface area contributed by atoms with Gasteiger partial charge in [0, 0.05) is 17.9 Å². The molecule has 0 saturated carbocycles. The first-order chi connectivity index (χ1) is 9.19. The van der Waals surface area contributed by atoms with Gasteiger partial charge >= 0.3 is 0 Å². The lowest BCUT2D eigenvalue weighted by Gasteiger charge is -2.20. The number of nitriles is 1. The summed E-state index contributed by atoms with van der Waals surface area (Å²) in [5.41, 5.74) is 3.33.